The first kappa shape index (κ1) is 15.9. The molecule has 0 fully saturated rings. The SMILES string of the molecule is CC(C)(C)OC(=O)Nc1cc(NCc2cc[nH]c2)ccc1F. The molecule has 0 aliphatic carbocycles. The highest BCUT2D eigenvalue weighted by Crippen LogP contribution is 2.21. The van der Waals surface area contributed by atoms with E-state index in [9.17, 15) is 9.18 Å². The van der Waals surface area contributed by atoms with Crippen molar-refractivity contribution in [2.24, 2.45) is 0 Å². The fraction of sp³-hybridized carbons (Fsp3) is 0.312. The van der Waals surface area contributed by atoms with Gasteiger partial charge in [-0.2, -0.15) is 0 Å². The Kier molecular flexibility index (Phi) is 4.70. The van der Waals surface area contributed by atoms with Crippen molar-refractivity contribution in [2.75, 3.05) is 10.6 Å². The van der Waals surface area contributed by atoms with Crippen molar-refractivity contribution in [2.45, 2.75) is 32.9 Å². The molecule has 0 saturated carbocycles. The van der Waals surface area contributed by atoms with E-state index in [4.69, 9.17) is 4.74 Å². The van der Waals surface area contributed by atoms with Crippen LogP contribution in [0.2, 0.25) is 0 Å². The lowest BCUT2D eigenvalue weighted by atomic mass is 10.2. The number of hydrogen-bond acceptors (Lipinski definition) is 3. The second kappa shape index (κ2) is 6.51. The van der Waals surface area contributed by atoms with Crippen LogP contribution in [-0.2, 0) is 11.3 Å². The number of halogens is 1. The van der Waals surface area contributed by atoms with Gasteiger partial charge in [0.05, 0.1) is 5.69 Å². The maximum Gasteiger partial charge on any atom is 0.412 e. The number of carbonyl (C=O) groups excluding carboxylic acids is 1. The molecule has 118 valence electrons. The van der Waals surface area contributed by atoms with E-state index in [-0.39, 0.29) is 5.69 Å². The van der Waals surface area contributed by atoms with Crippen molar-refractivity contribution >= 4 is 17.5 Å². The minimum atomic E-state index is -0.686. The van der Waals surface area contributed by atoms with Crippen molar-refractivity contribution in [1.82, 2.24) is 4.98 Å². The third-order valence-electron chi connectivity index (χ3n) is 2.76. The molecule has 0 atom stereocenters. The van der Waals surface area contributed by atoms with Crippen LogP contribution in [0.1, 0.15) is 26.3 Å². The number of rotatable bonds is 4. The van der Waals surface area contributed by atoms with E-state index in [2.05, 4.69) is 15.6 Å². The van der Waals surface area contributed by atoms with Gasteiger partial charge >= 0.3 is 6.09 Å². The minimum absolute atomic E-state index is 0.0771. The summed E-state index contributed by atoms with van der Waals surface area (Å²) in [5.41, 5.74) is 1.22. The molecule has 0 unspecified atom stereocenters. The number of hydrogen-bond donors (Lipinski definition) is 3. The zero-order valence-corrected chi connectivity index (χ0v) is 12.9. The highest BCUT2D eigenvalue weighted by Gasteiger charge is 2.17. The summed E-state index contributed by atoms with van der Waals surface area (Å²) in [6.07, 6.45) is 3.02. The molecule has 0 radical (unpaired) electrons. The first-order valence-electron chi connectivity index (χ1n) is 6.98. The normalized spacial score (nSPS) is 11.1. The van der Waals surface area contributed by atoms with Crippen LogP contribution < -0.4 is 10.6 Å². The van der Waals surface area contributed by atoms with Crippen LogP contribution in [0.25, 0.3) is 0 Å². The first-order valence-corrected chi connectivity index (χ1v) is 6.98. The minimum Gasteiger partial charge on any atom is -0.444 e. The van der Waals surface area contributed by atoms with Crippen LogP contribution in [-0.4, -0.2) is 16.7 Å². The summed E-state index contributed by atoms with van der Waals surface area (Å²) in [5, 5.41) is 5.58. The van der Waals surface area contributed by atoms with Gasteiger partial charge < -0.3 is 15.0 Å². The van der Waals surface area contributed by atoms with Crippen LogP contribution in [0.5, 0.6) is 0 Å². The molecule has 0 saturated heterocycles. The number of aromatic amines is 1. The van der Waals surface area contributed by atoms with Gasteiger partial charge in [-0.3, -0.25) is 5.32 Å². The maximum absolute atomic E-state index is 13.8. The van der Waals surface area contributed by atoms with E-state index in [1.165, 1.54) is 12.1 Å². The molecule has 2 aromatic rings. The lowest BCUT2D eigenvalue weighted by Gasteiger charge is -2.20. The third kappa shape index (κ3) is 4.80. The van der Waals surface area contributed by atoms with Gasteiger partial charge in [0.1, 0.15) is 11.4 Å². The van der Waals surface area contributed by atoms with Gasteiger partial charge in [-0.1, -0.05) is 0 Å². The highest BCUT2D eigenvalue weighted by molar-refractivity contribution is 5.85. The second-order valence-corrected chi connectivity index (χ2v) is 5.89. The fourth-order valence-corrected chi connectivity index (χ4v) is 1.82. The first-order chi connectivity index (χ1) is 10.3. The summed E-state index contributed by atoms with van der Waals surface area (Å²) in [6, 6.07) is 6.39. The Morgan fingerprint density at radius 1 is 1.32 bits per heavy atom. The van der Waals surface area contributed by atoms with E-state index in [0.29, 0.717) is 12.2 Å². The quantitative estimate of drug-likeness (QED) is 0.796. The number of ether oxygens (including phenoxy) is 1. The molecule has 0 aliphatic heterocycles. The second-order valence-electron chi connectivity index (χ2n) is 5.89. The van der Waals surface area contributed by atoms with Gasteiger partial charge in [0.2, 0.25) is 0 Å². The topological polar surface area (TPSA) is 66.2 Å². The van der Waals surface area contributed by atoms with E-state index in [1.807, 2.05) is 18.5 Å². The summed E-state index contributed by atoms with van der Waals surface area (Å²) in [7, 11) is 0. The van der Waals surface area contributed by atoms with Crippen LogP contribution in [0.4, 0.5) is 20.6 Å². The zero-order chi connectivity index (χ0) is 16.2. The molecule has 6 heteroatoms. The molecule has 1 aromatic carbocycles. The predicted octanol–water partition coefficient (Wildman–Crippen LogP) is 4.11. The zero-order valence-electron chi connectivity index (χ0n) is 12.9. The van der Waals surface area contributed by atoms with Crippen molar-refractivity contribution in [3.63, 3.8) is 0 Å². The van der Waals surface area contributed by atoms with Gasteiger partial charge in [0.25, 0.3) is 0 Å². The van der Waals surface area contributed by atoms with Gasteiger partial charge in [0, 0.05) is 24.6 Å². The Morgan fingerprint density at radius 3 is 2.73 bits per heavy atom. The summed E-state index contributed by atoms with van der Waals surface area (Å²) < 4.78 is 18.9. The predicted molar refractivity (Wildman–Crippen MR) is 84.4 cm³/mol. The maximum atomic E-state index is 13.8. The number of carbonyl (C=O) groups is 1. The summed E-state index contributed by atoms with van der Waals surface area (Å²) in [6.45, 7) is 5.84. The molecular weight excluding hydrogens is 285 g/mol. The van der Waals surface area contributed by atoms with Gasteiger partial charge in [0.15, 0.2) is 0 Å². The summed E-state index contributed by atoms with van der Waals surface area (Å²) >= 11 is 0. The van der Waals surface area contributed by atoms with Gasteiger partial charge in [-0.15, -0.1) is 0 Å². The van der Waals surface area contributed by atoms with Gasteiger partial charge in [-0.25, -0.2) is 9.18 Å². The molecule has 0 bridgehead atoms. The van der Waals surface area contributed by atoms with Crippen molar-refractivity contribution in [1.29, 1.82) is 0 Å². The number of benzene rings is 1. The molecule has 1 amide bonds. The Hall–Kier alpha value is -2.50. The number of aromatic nitrogens is 1. The molecule has 22 heavy (non-hydrogen) atoms. The monoisotopic (exact) mass is 305 g/mol. The fourth-order valence-electron chi connectivity index (χ4n) is 1.82. The number of anilines is 2. The molecular formula is C16H20FN3O2. The Morgan fingerprint density at radius 2 is 2.09 bits per heavy atom. The van der Waals surface area contributed by atoms with Crippen LogP contribution in [0.3, 0.4) is 0 Å². The third-order valence-corrected chi connectivity index (χ3v) is 2.76. The molecule has 1 heterocycles. The average Bonchev–Trinajstić information content (AvgIpc) is 2.90. The average molecular weight is 305 g/mol. The Bertz CT molecular complexity index is 633. The van der Waals surface area contributed by atoms with E-state index in [1.54, 1.807) is 26.8 Å². The number of amides is 1. The van der Waals surface area contributed by atoms with Crippen LogP contribution in [0, 0.1) is 5.82 Å². The van der Waals surface area contributed by atoms with Crippen LogP contribution in [0.15, 0.2) is 36.7 Å². The summed E-state index contributed by atoms with van der Waals surface area (Å²) in [4.78, 5) is 14.7. The summed E-state index contributed by atoms with van der Waals surface area (Å²) in [5.74, 6) is -0.516. The smallest absolute Gasteiger partial charge is 0.412 e. The van der Waals surface area contributed by atoms with Crippen molar-refractivity contribution < 1.29 is 13.9 Å². The molecule has 3 N–H and O–H groups in total. The molecule has 0 aliphatic rings. The Balaban J connectivity index is 2.01. The van der Waals surface area contributed by atoms with Crippen molar-refractivity contribution in [3.05, 3.63) is 48.0 Å². The van der Waals surface area contributed by atoms with E-state index >= 15 is 0 Å². The standard InChI is InChI=1S/C16H20FN3O2/c1-16(2,3)22-15(21)20-14-8-12(4-5-13(14)17)19-10-11-6-7-18-9-11/h4-9,18-19H,10H2,1-3H3,(H,20,21). The van der Waals surface area contributed by atoms with E-state index < -0.39 is 17.5 Å². The van der Waals surface area contributed by atoms with Crippen molar-refractivity contribution in [3.8, 4) is 0 Å². The highest BCUT2D eigenvalue weighted by atomic mass is 19.1. The largest absolute Gasteiger partial charge is 0.444 e. The van der Waals surface area contributed by atoms with Crippen LogP contribution >= 0.6 is 0 Å². The molecule has 2 rings (SSSR count). The molecule has 5 nitrogen and oxygen atoms in total. The van der Waals surface area contributed by atoms with Gasteiger partial charge in [-0.05, 0) is 50.6 Å². The molecule has 0 spiro atoms. The molecule has 1 aromatic heterocycles. The lowest BCUT2D eigenvalue weighted by Crippen LogP contribution is -2.27. The van der Waals surface area contributed by atoms with E-state index in [0.717, 1.165) is 5.56 Å². The number of nitrogens with one attached hydrogen (secondary N) is 3. The lowest BCUT2D eigenvalue weighted by molar-refractivity contribution is 0.0635. The Labute approximate surface area is 128 Å². The number of H-pyrrole nitrogens is 1.